The van der Waals surface area contributed by atoms with E-state index in [9.17, 15) is 4.79 Å². The average molecular weight is 282 g/mol. The zero-order valence-electron chi connectivity index (χ0n) is 12.2. The Labute approximate surface area is 125 Å². The first-order chi connectivity index (χ1) is 10.2. The summed E-state index contributed by atoms with van der Waals surface area (Å²) in [5, 5.41) is 0. The first-order valence-electron chi connectivity index (χ1n) is 7.71. The number of aromatic nitrogens is 1. The van der Waals surface area contributed by atoms with Crippen molar-refractivity contribution >= 4 is 0 Å². The molecule has 3 N–H and O–H groups in total. The largest absolute Gasteiger partial charge is 0.329 e. The van der Waals surface area contributed by atoms with Crippen LogP contribution in [0.4, 0.5) is 0 Å². The molecule has 3 rings (SSSR count). The smallest absolute Gasteiger partial charge is 0.247 e. The highest BCUT2D eigenvalue weighted by Gasteiger charge is 2.38. The molecular weight excluding hydrogens is 260 g/mol. The molecule has 1 saturated carbocycles. The van der Waals surface area contributed by atoms with Gasteiger partial charge in [0.05, 0.1) is 0 Å². The highest BCUT2D eigenvalue weighted by atomic mass is 16.1. The number of nitrogens with two attached hydrogens (primary N) is 1. The fourth-order valence-electron chi connectivity index (χ4n) is 3.60. The second-order valence-corrected chi connectivity index (χ2v) is 6.12. The molecule has 1 aliphatic rings. The van der Waals surface area contributed by atoms with Gasteiger partial charge in [-0.3, -0.25) is 4.79 Å². The number of benzene rings is 1. The number of H-pyrrole nitrogens is 1. The summed E-state index contributed by atoms with van der Waals surface area (Å²) in [5.41, 5.74) is 8.85. The molecule has 1 heterocycles. The van der Waals surface area contributed by atoms with E-state index < -0.39 is 0 Å². The van der Waals surface area contributed by atoms with Gasteiger partial charge in [0, 0.05) is 23.7 Å². The number of rotatable bonds is 3. The van der Waals surface area contributed by atoms with Gasteiger partial charge in [-0.2, -0.15) is 0 Å². The molecule has 2 aromatic rings. The maximum Gasteiger partial charge on any atom is 0.247 e. The van der Waals surface area contributed by atoms with Crippen LogP contribution in [0.3, 0.4) is 0 Å². The van der Waals surface area contributed by atoms with Crippen LogP contribution < -0.4 is 11.3 Å². The van der Waals surface area contributed by atoms with Gasteiger partial charge in [0.15, 0.2) is 0 Å². The minimum atomic E-state index is -0.224. The lowest BCUT2D eigenvalue weighted by Crippen LogP contribution is -2.47. The SMILES string of the molecule is NC1(C(c2ccccc2)c2ccc(=O)[nH]c2)CCCCC1. The van der Waals surface area contributed by atoms with Crippen LogP contribution in [0.1, 0.15) is 49.1 Å². The Kier molecular flexibility index (Phi) is 3.93. The second kappa shape index (κ2) is 5.86. The quantitative estimate of drug-likeness (QED) is 0.908. The summed E-state index contributed by atoms with van der Waals surface area (Å²) in [7, 11) is 0. The summed E-state index contributed by atoms with van der Waals surface area (Å²) in [6.07, 6.45) is 7.53. The summed E-state index contributed by atoms with van der Waals surface area (Å²) in [6, 6.07) is 13.9. The molecule has 1 aromatic heterocycles. The van der Waals surface area contributed by atoms with Crippen LogP contribution in [-0.2, 0) is 0 Å². The summed E-state index contributed by atoms with van der Waals surface area (Å²) in [6.45, 7) is 0. The van der Waals surface area contributed by atoms with Crippen LogP contribution in [0.2, 0.25) is 0 Å². The van der Waals surface area contributed by atoms with Crippen molar-refractivity contribution in [3.63, 3.8) is 0 Å². The Bertz CT molecular complexity index is 621. The Balaban J connectivity index is 2.06. The van der Waals surface area contributed by atoms with Crippen LogP contribution >= 0.6 is 0 Å². The summed E-state index contributed by atoms with van der Waals surface area (Å²) < 4.78 is 0. The Morgan fingerprint density at radius 1 is 0.952 bits per heavy atom. The molecule has 1 atom stereocenters. The second-order valence-electron chi connectivity index (χ2n) is 6.12. The van der Waals surface area contributed by atoms with Gasteiger partial charge in [-0.25, -0.2) is 0 Å². The Morgan fingerprint density at radius 2 is 1.67 bits per heavy atom. The molecule has 0 aliphatic heterocycles. The summed E-state index contributed by atoms with van der Waals surface area (Å²) in [5.74, 6) is 0.135. The first-order valence-corrected chi connectivity index (χ1v) is 7.71. The molecule has 1 aliphatic carbocycles. The minimum absolute atomic E-state index is 0.0692. The zero-order valence-corrected chi connectivity index (χ0v) is 12.2. The number of hydrogen-bond acceptors (Lipinski definition) is 2. The van der Waals surface area contributed by atoms with Crippen LogP contribution in [-0.4, -0.2) is 10.5 Å². The summed E-state index contributed by atoms with van der Waals surface area (Å²) in [4.78, 5) is 14.1. The number of nitrogens with one attached hydrogen (secondary N) is 1. The van der Waals surface area contributed by atoms with Gasteiger partial charge in [-0.1, -0.05) is 55.7 Å². The number of aromatic amines is 1. The molecule has 0 bridgehead atoms. The first kappa shape index (κ1) is 14.1. The molecule has 0 spiro atoms. The van der Waals surface area contributed by atoms with Gasteiger partial charge in [-0.15, -0.1) is 0 Å². The zero-order chi connectivity index (χ0) is 14.7. The van der Waals surface area contributed by atoms with Crippen molar-refractivity contribution in [2.45, 2.75) is 43.6 Å². The van der Waals surface area contributed by atoms with Crippen molar-refractivity contribution in [1.82, 2.24) is 4.98 Å². The van der Waals surface area contributed by atoms with Crippen molar-refractivity contribution in [3.8, 4) is 0 Å². The monoisotopic (exact) mass is 282 g/mol. The van der Waals surface area contributed by atoms with E-state index in [2.05, 4.69) is 29.2 Å². The molecule has 1 aromatic carbocycles. The van der Waals surface area contributed by atoms with Crippen molar-refractivity contribution in [1.29, 1.82) is 0 Å². The topological polar surface area (TPSA) is 58.9 Å². The predicted octanol–water partition coefficient (Wildman–Crippen LogP) is 3.17. The third kappa shape index (κ3) is 2.93. The van der Waals surface area contributed by atoms with E-state index in [4.69, 9.17) is 5.73 Å². The number of hydrogen-bond donors (Lipinski definition) is 2. The molecule has 1 unspecified atom stereocenters. The molecule has 3 nitrogen and oxygen atoms in total. The molecule has 0 radical (unpaired) electrons. The lowest BCUT2D eigenvalue weighted by Gasteiger charge is -2.41. The number of pyridine rings is 1. The molecule has 3 heteroatoms. The van der Waals surface area contributed by atoms with E-state index in [1.165, 1.54) is 24.8 Å². The van der Waals surface area contributed by atoms with Gasteiger partial charge < -0.3 is 10.7 Å². The van der Waals surface area contributed by atoms with Crippen molar-refractivity contribution in [2.75, 3.05) is 0 Å². The van der Waals surface area contributed by atoms with Crippen LogP contribution in [0.5, 0.6) is 0 Å². The fourth-order valence-corrected chi connectivity index (χ4v) is 3.60. The molecule has 0 saturated heterocycles. The van der Waals surface area contributed by atoms with Gasteiger partial charge >= 0.3 is 0 Å². The average Bonchev–Trinajstić information content (AvgIpc) is 2.51. The van der Waals surface area contributed by atoms with Gasteiger partial charge in [0.1, 0.15) is 0 Å². The van der Waals surface area contributed by atoms with Crippen LogP contribution in [0.25, 0.3) is 0 Å². The highest BCUT2D eigenvalue weighted by molar-refractivity contribution is 5.35. The summed E-state index contributed by atoms with van der Waals surface area (Å²) >= 11 is 0. The third-order valence-corrected chi connectivity index (χ3v) is 4.63. The maximum absolute atomic E-state index is 11.4. The molecule has 21 heavy (non-hydrogen) atoms. The standard InChI is InChI=1S/C18H22N2O/c19-18(11-5-2-6-12-18)17(14-7-3-1-4-8-14)15-9-10-16(21)20-13-15/h1,3-4,7-10,13,17H,2,5-6,11-12,19H2,(H,20,21). The van der Waals surface area contributed by atoms with Gasteiger partial charge in [0.2, 0.25) is 5.56 Å². The van der Waals surface area contributed by atoms with E-state index in [1.807, 2.05) is 18.3 Å². The van der Waals surface area contributed by atoms with Crippen LogP contribution in [0.15, 0.2) is 53.5 Å². The molecule has 110 valence electrons. The molecule has 0 amide bonds. The van der Waals surface area contributed by atoms with Crippen molar-refractivity contribution in [2.24, 2.45) is 5.73 Å². The van der Waals surface area contributed by atoms with Crippen LogP contribution in [0, 0.1) is 0 Å². The molecular formula is C18H22N2O. The fraction of sp³-hybridized carbons (Fsp3) is 0.389. The molecule has 1 fully saturated rings. The van der Waals surface area contributed by atoms with E-state index in [0.29, 0.717) is 0 Å². The van der Waals surface area contributed by atoms with Crippen molar-refractivity contribution < 1.29 is 0 Å². The maximum atomic E-state index is 11.4. The van der Waals surface area contributed by atoms with Crippen molar-refractivity contribution in [3.05, 3.63) is 70.1 Å². The van der Waals surface area contributed by atoms with E-state index in [1.54, 1.807) is 6.07 Å². The Morgan fingerprint density at radius 3 is 2.29 bits per heavy atom. The van der Waals surface area contributed by atoms with Gasteiger partial charge in [-0.05, 0) is 24.0 Å². The Hall–Kier alpha value is -1.87. The third-order valence-electron chi connectivity index (χ3n) is 4.63. The van der Waals surface area contributed by atoms with Gasteiger partial charge in [0.25, 0.3) is 0 Å². The highest BCUT2D eigenvalue weighted by Crippen LogP contribution is 2.41. The lowest BCUT2D eigenvalue weighted by molar-refractivity contribution is 0.266. The lowest BCUT2D eigenvalue weighted by atomic mass is 9.68. The predicted molar refractivity (Wildman–Crippen MR) is 85.4 cm³/mol. The normalized spacial score (nSPS) is 19.1. The van der Waals surface area contributed by atoms with E-state index in [0.717, 1.165) is 18.4 Å². The minimum Gasteiger partial charge on any atom is -0.329 e. The van der Waals surface area contributed by atoms with E-state index >= 15 is 0 Å². The van der Waals surface area contributed by atoms with E-state index in [-0.39, 0.29) is 17.0 Å².